The Balaban J connectivity index is 5.19. The highest BCUT2D eigenvalue weighted by Crippen LogP contribution is 2.29. The van der Waals surface area contributed by atoms with Crippen molar-refractivity contribution in [2.24, 2.45) is 5.41 Å². The molecule has 0 unspecified atom stereocenters. The van der Waals surface area contributed by atoms with Crippen molar-refractivity contribution >= 4 is 11.9 Å². The summed E-state index contributed by atoms with van der Waals surface area (Å²) >= 11 is 0. The number of ether oxygens (including phenoxy) is 2. The van der Waals surface area contributed by atoms with Gasteiger partial charge < -0.3 is 14.6 Å². The van der Waals surface area contributed by atoms with Crippen LogP contribution in [0.25, 0.3) is 0 Å². The zero-order valence-corrected chi connectivity index (χ0v) is 10.6. The van der Waals surface area contributed by atoms with Crippen LogP contribution in [0.2, 0.25) is 0 Å². The zero-order valence-electron chi connectivity index (χ0n) is 10.6. The van der Waals surface area contributed by atoms with E-state index in [0.717, 1.165) is 0 Å². The van der Waals surface area contributed by atoms with Crippen molar-refractivity contribution in [2.45, 2.75) is 27.2 Å². The van der Waals surface area contributed by atoms with Crippen LogP contribution in [0.3, 0.4) is 0 Å². The van der Waals surface area contributed by atoms with Gasteiger partial charge >= 0.3 is 11.9 Å². The minimum atomic E-state index is -1.68. The van der Waals surface area contributed by atoms with E-state index in [1.807, 2.05) is 0 Å². The summed E-state index contributed by atoms with van der Waals surface area (Å²) in [5, 5.41) is 9.38. The fourth-order valence-electron chi connectivity index (χ4n) is 1.47. The monoisotopic (exact) mass is 244 g/mol. The Bertz CT molecular complexity index is 277. The average Bonchev–Trinajstić information content (AvgIpc) is 2.26. The number of carbonyl (C=O) groups is 2. The first-order chi connectivity index (χ1) is 7.94. The maximum Gasteiger partial charge on any atom is 0.326 e. The van der Waals surface area contributed by atoms with Crippen LogP contribution < -0.4 is 0 Å². The van der Waals surface area contributed by atoms with Crippen molar-refractivity contribution in [1.82, 2.24) is 0 Å². The third-order valence-electron chi connectivity index (χ3n) is 2.21. The maximum atomic E-state index is 11.8. The summed E-state index contributed by atoms with van der Waals surface area (Å²) in [6.07, 6.45) is 0.0150. The molecule has 0 rings (SSSR count). The van der Waals surface area contributed by atoms with Crippen LogP contribution in [-0.2, 0) is 19.1 Å². The van der Waals surface area contributed by atoms with E-state index >= 15 is 0 Å². The number of hydrogen-bond donors (Lipinski definition) is 1. The minimum absolute atomic E-state index is 0.0150. The highest BCUT2D eigenvalue weighted by molar-refractivity contribution is 6.00. The second-order valence-electron chi connectivity index (χ2n) is 3.82. The Labute approximate surface area is 101 Å². The fourth-order valence-corrected chi connectivity index (χ4v) is 1.47. The summed E-state index contributed by atoms with van der Waals surface area (Å²) in [5.41, 5.74) is -1.09. The van der Waals surface area contributed by atoms with E-state index in [4.69, 9.17) is 9.47 Å². The molecular weight excluding hydrogens is 224 g/mol. The molecule has 0 spiro atoms. The van der Waals surface area contributed by atoms with Gasteiger partial charge in [-0.25, -0.2) is 0 Å². The predicted molar refractivity (Wildman–Crippen MR) is 62.2 cm³/mol. The maximum absolute atomic E-state index is 11.8. The Kier molecular flexibility index (Phi) is 6.50. The molecule has 0 radical (unpaired) electrons. The molecule has 0 saturated heterocycles. The van der Waals surface area contributed by atoms with Gasteiger partial charge in [-0.1, -0.05) is 5.57 Å². The van der Waals surface area contributed by atoms with Crippen molar-refractivity contribution in [1.29, 1.82) is 0 Å². The molecule has 17 heavy (non-hydrogen) atoms. The van der Waals surface area contributed by atoms with Crippen molar-refractivity contribution in [2.75, 3.05) is 19.8 Å². The third kappa shape index (κ3) is 3.85. The average molecular weight is 244 g/mol. The molecule has 0 aliphatic rings. The normalized spacial score (nSPS) is 10.8. The van der Waals surface area contributed by atoms with Gasteiger partial charge in [0.15, 0.2) is 5.41 Å². The summed E-state index contributed by atoms with van der Waals surface area (Å²) in [7, 11) is 0. The second kappa shape index (κ2) is 7.06. The number of carbonyl (C=O) groups excluding carboxylic acids is 2. The number of aliphatic hydroxyl groups excluding tert-OH is 1. The lowest BCUT2D eigenvalue weighted by Crippen LogP contribution is -2.45. The van der Waals surface area contributed by atoms with Crippen molar-refractivity contribution in [3.63, 3.8) is 0 Å². The van der Waals surface area contributed by atoms with E-state index in [9.17, 15) is 14.7 Å². The van der Waals surface area contributed by atoms with Gasteiger partial charge in [-0.05, 0) is 27.2 Å². The number of esters is 2. The van der Waals surface area contributed by atoms with Crippen molar-refractivity contribution < 1.29 is 24.2 Å². The molecule has 0 aromatic carbocycles. The summed E-state index contributed by atoms with van der Waals surface area (Å²) < 4.78 is 9.65. The molecule has 98 valence electrons. The third-order valence-corrected chi connectivity index (χ3v) is 2.21. The van der Waals surface area contributed by atoms with E-state index < -0.39 is 24.0 Å². The molecule has 0 atom stereocenters. The Morgan fingerprint density at radius 3 is 1.82 bits per heavy atom. The van der Waals surface area contributed by atoms with Gasteiger partial charge in [0.05, 0.1) is 19.8 Å². The van der Waals surface area contributed by atoms with Gasteiger partial charge in [0.25, 0.3) is 0 Å². The van der Waals surface area contributed by atoms with E-state index in [2.05, 4.69) is 6.58 Å². The quantitative estimate of drug-likeness (QED) is 0.412. The molecule has 0 fully saturated rings. The lowest BCUT2D eigenvalue weighted by molar-refractivity contribution is -0.175. The first-order valence-corrected chi connectivity index (χ1v) is 5.54. The largest absolute Gasteiger partial charge is 0.465 e. The van der Waals surface area contributed by atoms with Crippen LogP contribution in [0.4, 0.5) is 0 Å². The summed E-state index contributed by atoms with van der Waals surface area (Å²) in [5.74, 6) is -1.55. The highest BCUT2D eigenvalue weighted by atomic mass is 16.6. The molecule has 0 heterocycles. The molecule has 0 aromatic rings. The van der Waals surface area contributed by atoms with Crippen LogP contribution in [0.1, 0.15) is 27.2 Å². The van der Waals surface area contributed by atoms with Crippen LogP contribution >= 0.6 is 0 Å². The molecule has 5 nitrogen and oxygen atoms in total. The molecule has 5 heteroatoms. The van der Waals surface area contributed by atoms with Crippen LogP contribution in [0, 0.1) is 5.41 Å². The van der Waals surface area contributed by atoms with Crippen molar-refractivity contribution in [3.05, 3.63) is 12.2 Å². The van der Waals surface area contributed by atoms with Gasteiger partial charge in [0.2, 0.25) is 0 Å². The van der Waals surface area contributed by atoms with Gasteiger partial charge in [0, 0.05) is 0 Å². The summed E-state index contributed by atoms with van der Waals surface area (Å²) in [6.45, 7) is 8.19. The lowest BCUT2D eigenvalue weighted by Gasteiger charge is -2.27. The number of rotatable bonds is 7. The molecule has 0 amide bonds. The zero-order chi connectivity index (χ0) is 13.5. The van der Waals surface area contributed by atoms with Crippen LogP contribution in [0.5, 0.6) is 0 Å². The van der Waals surface area contributed by atoms with Crippen molar-refractivity contribution in [3.8, 4) is 0 Å². The molecular formula is C12H20O5. The van der Waals surface area contributed by atoms with Gasteiger partial charge in [-0.2, -0.15) is 0 Å². The lowest BCUT2D eigenvalue weighted by atomic mass is 9.82. The first kappa shape index (κ1) is 15.6. The first-order valence-electron chi connectivity index (χ1n) is 5.54. The van der Waals surface area contributed by atoms with E-state index in [1.165, 1.54) is 0 Å². The molecule has 0 saturated carbocycles. The molecule has 0 aliphatic heterocycles. The highest BCUT2D eigenvalue weighted by Gasteiger charge is 2.48. The predicted octanol–water partition coefficient (Wildman–Crippen LogP) is 1.06. The van der Waals surface area contributed by atoms with Crippen LogP contribution in [0.15, 0.2) is 12.2 Å². The van der Waals surface area contributed by atoms with E-state index in [0.29, 0.717) is 5.57 Å². The second-order valence-corrected chi connectivity index (χ2v) is 3.82. The molecule has 0 aliphatic carbocycles. The van der Waals surface area contributed by atoms with E-state index in [-0.39, 0.29) is 19.6 Å². The number of allylic oxidation sites excluding steroid dienone is 1. The summed E-state index contributed by atoms with van der Waals surface area (Å²) in [6, 6.07) is 0. The molecule has 1 N–H and O–H groups in total. The van der Waals surface area contributed by atoms with Crippen LogP contribution in [-0.4, -0.2) is 36.9 Å². The van der Waals surface area contributed by atoms with Gasteiger partial charge in [-0.15, -0.1) is 6.58 Å². The topological polar surface area (TPSA) is 72.8 Å². The SMILES string of the molecule is C=C(C)CC(CO)(C(=O)OCC)C(=O)OCC. The van der Waals surface area contributed by atoms with E-state index in [1.54, 1.807) is 20.8 Å². The number of aliphatic hydroxyl groups is 1. The molecule has 0 bridgehead atoms. The van der Waals surface area contributed by atoms with Gasteiger partial charge in [0.1, 0.15) is 0 Å². The Hall–Kier alpha value is -1.36. The molecule has 0 aromatic heterocycles. The summed E-state index contributed by atoms with van der Waals surface area (Å²) in [4.78, 5) is 23.6. The smallest absolute Gasteiger partial charge is 0.326 e. The fraction of sp³-hybridized carbons (Fsp3) is 0.667. The van der Waals surface area contributed by atoms with Gasteiger partial charge in [-0.3, -0.25) is 9.59 Å². The Morgan fingerprint density at radius 2 is 1.59 bits per heavy atom. The number of hydrogen-bond acceptors (Lipinski definition) is 5. The Morgan fingerprint density at radius 1 is 1.18 bits per heavy atom. The minimum Gasteiger partial charge on any atom is -0.465 e. The standard InChI is InChI=1S/C12H20O5/c1-5-16-10(14)12(8-13,7-9(3)4)11(15)17-6-2/h13H,3,5-8H2,1-2,4H3.